The van der Waals surface area contributed by atoms with Gasteiger partial charge in [-0.3, -0.25) is 11.3 Å². The van der Waals surface area contributed by atoms with E-state index in [0.717, 1.165) is 19.7 Å². The number of benzene rings is 1. The smallest absolute Gasteiger partial charge is 0.0909 e. The SMILES string of the molecule is Cc1ccc(C(NN)C2CN(C)CCO2)c(C)c1. The van der Waals surface area contributed by atoms with Crippen molar-refractivity contribution in [1.82, 2.24) is 10.3 Å². The molecular formula is C14H23N3O. The molecule has 1 aliphatic heterocycles. The number of nitrogens with one attached hydrogen (secondary N) is 1. The Morgan fingerprint density at radius 1 is 1.44 bits per heavy atom. The summed E-state index contributed by atoms with van der Waals surface area (Å²) in [6.07, 6.45) is 0.107. The Kier molecular flexibility index (Phi) is 4.35. The molecule has 100 valence electrons. The van der Waals surface area contributed by atoms with Crippen molar-refractivity contribution in [3.05, 3.63) is 34.9 Å². The van der Waals surface area contributed by atoms with Crippen LogP contribution in [0.25, 0.3) is 0 Å². The van der Waals surface area contributed by atoms with Crippen molar-refractivity contribution in [2.45, 2.75) is 26.0 Å². The fraction of sp³-hybridized carbons (Fsp3) is 0.571. The lowest BCUT2D eigenvalue weighted by molar-refractivity contribution is -0.0394. The van der Waals surface area contributed by atoms with E-state index in [9.17, 15) is 0 Å². The first kappa shape index (κ1) is 13.5. The molecule has 3 N–H and O–H groups in total. The molecule has 4 heteroatoms. The summed E-state index contributed by atoms with van der Waals surface area (Å²) in [5, 5.41) is 0. The number of hydrazine groups is 1. The monoisotopic (exact) mass is 249 g/mol. The van der Waals surface area contributed by atoms with Gasteiger partial charge in [0.15, 0.2) is 0 Å². The Morgan fingerprint density at radius 2 is 2.22 bits per heavy atom. The minimum atomic E-state index is 0.0494. The predicted octanol–water partition coefficient (Wildman–Crippen LogP) is 1.14. The van der Waals surface area contributed by atoms with E-state index in [1.54, 1.807) is 0 Å². The zero-order chi connectivity index (χ0) is 13.1. The molecule has 18 heavy (non-hydrogen) atoms. The van der Waals surface area contributed by atoms with E-state index in [2.05, 4.69) is 49.4 Å². The first-order valence-electron chi connectivity index (χ1n) is 6.45. The molecule has 2 atom stereocenters. The normalized spacial score (nSPS) is 23.0. The number of hydrogen-bond donors (Lipinski definition) is 2. The van der Waals surface area contributed by atoms with Crippen molar-refractivity contribution in [3.8, 4) is 0 Å². The van der Waals surface area contributed by atoms with E-state index in [1.165, 1.54) is 16.7 Å². The number of likely N-dealkylation sites (N-methyl/N-ethyl adjacent to an activating group) is 1. The number of morpholine rings is 1. The molecule has 0 aliphatic carbocycles. The molecule has 0 spiro atoms. The van der Waals surface area contributed by atoms with E-state index in [1.807, 2.05) is 0 Å². The van der Waals surface area contributed by atoms with Crippen LogP contribution in [-0.4, -0.2) is 37.7 Å². The minimum absolute atomic E-state index is 0.0494. The van der Waals surface area contributed by atoms with Crippen LogP contribution in [0.1, 0.15) is 22.7 Å². The third-order valence-corrected chi connectivity index (χ3v) is 3.61. The van der Waals surface area contributed by atoms with Gasteiger partial charge in [-0.15, -0.1) is 0 Å². The quantitative estimate of drug-likeness (QED) is 0.623. The maximum atomic E-state index is 5.86. The fourth-order valence-corrected chi connectivity index (χ4v) is 2.58. The van der Waals surface area contributed by atoms with Crippen LogP contribution in [0.2, 0.25) is 0 Å². The summed E-state index contributed by atoms with van der Waals surface area (Å²) in [5.74, 6) is 5.74. The number of hydrogen-bond acceptors (Lipinski definition) is 4. The van der Waals surface area contributed by atoms with Crippen LogP contribution in [-0.2, 0) is 4.74 Å². The van der Waals surface area contributed by atoms with Crippen LogP contribution < -0.4 is 11.3 Å². The van der Waals surface area contributed by atoms with Gasteiger partial charge in [0.05, 0.1) is 18.8 Å². The summed E-state index contributed by atoms with van der Waals surface area (Å²) < 4.78 is 5.86. The van der Waals surface area contributed by atoms with E-state index in [-0.39, 0.29) is 12.1 Å². The molecule has 1 fully saturated rings. The molecule has 1 aromatic carbocycles. The highest BCUT2D eigenvalue weighted by Crippen LogP contribution is 2.24. The van der Waals surface area contributed by atoms with Crippen molar-refractivity contribution in [2.75, 3.05) is 26.7 Å². The molecule has 1 saturated heterocycles. The highest BCUT2D eigenvalue weighted by Gasteiger charge is 2.28. The second-order valence-corrected chi connectivity index (χ2v) is 5.18. The summed E-state index contributed by atoms with van der Waals surface area (Å²) in [4.78, 5) is 2.28. The first-order chi connectivity index (χ1) is 8.61. The Labute approximate surface area is 109 Å². The Bertz CT molecular complexity index is 408. The van der Waals surface area contributed by atoms with Gasteiger partial charge in [0, 0.05) is 13.1 Å². The Balaban J connectivity index is 2.21. The standard InChI is InChI=1S/C14H23N3O/c1-10-4-5-12(11(2)8-10)14(16-15)13-9-17(3)6-7-18-13/h4-5,8,13-14,16H,6-7,9,15H2,1-3H3. The topological polar surface area (TPSA) is 50.5 Å². The van der Waals surface area contributed by atoms with Gasteiger partial charge < -0.3 is 9.64 Å². The lowest BCUT2D eigenvalue weighted by Gasteiger charge is -2.35. The van der Waals surface area contributed by atoms with Gasteiger partial charge in [0.1, 0.15) is 0 Å². The Morgan fingerprint density at radius 3 is 2.83 bits per heavy atom. The summed E-state index contributed by atoms with van der Waals surface area (Å²) in [6, 6.07) is 6.51. The van der Waals surface area contributed by atoms with Crippen LogP contribution in [0.3, 0.4) is 0 Å². The van der Waals surface area contributed by atoms with Crippen molar-refractivity contribution >= 4 is 0 Å². The van der Waals surface area contributed by atoms with Crippen molar-refractivity contribution in [2.24, 2.45) is 5.84 Å². The first-order valence-corrected chi connectivity index (χ1v) is 6.45. The van der Waals surface area contributed by atoms with Crippen LogP contribution in [0, 0.1) is 13.8 Å². The van der Waals surface area contributed by atoms with E-state index < -0.39 is 0 Å². The predicted molar refractivity (Wildman–Crippen MR) is 73.2 cm³/mol. The van der Waals surface area contributed by atoms with Crippen LogP contribution >= 0.6 is 0 Å². The van der Waals surface area contributed by atoms with Gasteiger partial charge in [-0.05, 0) is 32.0 Å². The van der Waals surface area contributed by atoms with Crippen molar-refractivity contribution in [1.29, 1.82) is 0 Å². The van der Waals surface area contributed by atoms with Gasteiger partial charge in [0.25, 0.3) is 0 Å². The molecule has 4 nitrogen and oxygen atoms in total. The largest absolute Gasteiger partial charge is 0.374 e. The lowest BCUT2D eigenvalue weighted by Crippen LogP contribution is -2.48. The molecule has 2 unspecified atom stereocenters. The third-order valence-electron chi connectivity index (χ3n) is 3.61. The van der Waals surface area contributed by atoms with E-state index in [0.29, 0.717) is 0 Å². The molecule has 2 rings (SSSR count). The average molecular weight is 249 g/mol. The number of ether oxygens (including phenoxy) is 1. The van der Waals surface area contributed by atoms with E-state index in [4.69, 9.17) is 10.6 Å². The van der Waals surface area contributed by atoms with Gasteiger partial charge in [-0.25, -0.2) is 0 Å². The summed E-state index contributed by atoms with van der Waals surface area (Å²) >= 11 is 0. The molecule has 0 bridgehead atoms. The van der Waals surface area contributed by atoms with Gasteiger partial charge >= 0.3 is 0 Å². The van der Waals surface area contributed by atoms with Crippen LogP contribution in [0.4, 0.5) is 0 Å². The van der Waals surface area contributed by atoms with Gasteiger partial charge in [-0.2, -0.15) is 0 Å². The molecule has 0 amide bonds. The lowest BCUT2D eigenvalue weighted by atomic mass is 9.95. The summed E-state index contributed by atoms with van der Waals surface area (Å²) in [6.45, 7) is 6.89. The molecule has 1 heterocycles. The third kappa shape index (κ3) is 2.90. The fourth-order valence-electron chi connectivity index (χ4n) is 2.58. The minimum Gasteiger partial charge on any atom is -0.374 e. The number of rotatable bonds is 3. The highest BCUT2D eigenvalue weighted by molar-refractivity contribution is 5.33. The Hall–Kier alpha value is -0.940. The van der Waals surface area contributed by atoms with E-state index >= 15 is 0 Å². The number of nitrogens with two attached hydrogens (primary N) is 1. The van der Waals surface area contributed by atoms with Gasteiger partial charge in [0.2, 0.25) is 0 Å². The number of nitrogens with zero attached hydrogens (tertiary/aromatic N) is 1. The zero-order valence-electron chi connectivity index (χ0n) is 11.4. The summed E-state index contributed by atoms with van der Waals surface area (Å²) in [5.41, 5.74) is 6.67. The molecule has 1 aromatic rings. The molecule has 0 saturated carbocycles. The maximum absolute atomic E-state index is 5.86. The molecular weight excluding hydrogens is 226 g/mol. The zero-order valence-corrected chi connectivity index (χ0v) is 11.4. The molecule has 0 radical (unpaired) electrons. The van der Waals surface area contributed by atoms with Gasteiger partial charge in [-0.1, -0.05) is 23.8 Å². The number of aryl methyl sites for hydroxylation is 2. The van der Waals surface area contributed by atoms with Crippen LogP contribution in [0.5, 0.6) is 0 Å². The second-order valence-electron chi connectivity index (χ2n) is 5.18. The van der Waals surface area contributed by atoms with Crippen molar-refractivity contribution in [3.63, 3.8) is 0 Å². The highest BCUT2D eigenvalue weighted by atomic mass is 16.5. The second kappa shape index (κ2) is 5.80. The summed E-state index contributed by atoms with van der Waals surface area (Å²) in [7, 11) is 2.12. The molecule has 1 aliphatic rings. The molecule has 0 aromatic heterocycles. The van der Waals surface area contributed by atoms with Crippen molar-refractivity contribution < 1.29 is 4.74 Å². The average Bonchev–Trinajstić information content (AvgIpc) is 2.33. The maximum Gasteiger partial charge on any atom is 0.0909 e. The van der Waals surface area contributed by atoms with Crippen LogP contribution in [0.15, 0.2) is 18.2 Å².